The Morgan fingerprint density at radius 1 is 1.13 bits per heavy atom. The number of rotatable bonds is 7. The van der Waals surface area contributed by atoms with Gasteiger partial charge in [-0.1, -0.05) is 23.7 Å². The predicted octanol–water partition coefficient (Wildman–Crippen LogP) is 4.71. The highest BCUT2D eigenvalue weighted by Crippen LogP contribution is 2.36. The summed E-state index contributed by atoms with van der Waals surface area (Å²) >= 11 is 6.13. The number of nitrogens with zero attached hydrogens (tertiary/aromatic N) is 3. The van der Waals surface area contributed by atoms with Gasteiger partial charge in [-0.15, -0.1) is 0 Å². The fourth-order valence-electron chi connectivity index (χ4n) is 4.23. The Morgan fingerprint density at radius 2 is 1.87 bits per heavy atom. The van der Waals surface area contributed by atoms with E-state index in [0.29, 0.717) is 64.7 Å². The number of benzene rings is 2. The molecule has 0 spiro atoms. The lowest BCUT2D eigenvalue weighted by Gasteiger charge is -2.33. The Balaban J connectivity index is 1.56. The van der Waals surface area contributed by atoms with Gasteiger partial charge in [0, 0.05) is 42.4 Å². The molecule has 0 saturated carbocycles. The molecule has 10 nitrogen and oxygen atoms in total. The highest BCUT2D eigenvalue weighted by molar-refractivity contribution is 6.30. The number of carbonyl (C=O) groups is 2. The number of methoxy groups -OCH3 is 1. The Labute approximate surface area is 226 Å². The van der Waals surface area contributed by atoms with Crippen molar-refractivity contribution < 1.29 is 23.8 Å². The van der Waals surface area contributed by atoms with Gasteiger partial charge in [0.25, 0.3) is 0 Å². The number of piperidine rings is 1. The Hall–Kier alpha value is -3.79. The zero-order valence-corrected chi connectivity index (χ0v) is 22.6. The lowest BCUT2D eigenvalue weighted by atomic mass is 10.1. The van der Waals surface area contributed by atoms with E-state index in [2.05, 4.69) is 15.3 Å². The number of amides is 2. The van der Waals surface area contributed by atoms with E-state index in [1.54, 1.807) is 48.4 Å². The van der Waals surface area contributed by atoms with Crippen LogP contribution in [0.5, 0.6) is 11.5 Å². The van der Waals surface area contributed by atoms with Crippen molar-refractivity contribution in [2.75, 3.05) is 25.5 Å². The number of carbonyl (C=O) groups excluding carboxylic acids is 2. The number of hydrogen-bond acceptors (Lipinski definition) is 8. The first kappa shape index (κ1) is 27.3. The van der Waals surface area contributed by atoms with Crippen molar-refractivity contribution in [2.24, 2.45) is 5.73 Å². The Morgan fingerprint density at radius 3 is 2.50 bits per heavy atom. The third-order valence-corrected chi connectivity index (χ3v) is 6.29. The highest BCUT2D eigenvalue weighted by atomic mass is 35.5. The molecule has 1 unspecified atom stereocenters. The van der Waals surface area contributed by atoms with Gasteiger partial charge in [0.2, 0.25) is 5.91 Å². The number of halogens is 1. The number of likely N-dealkylation sites (tertiary alicyclic amines) is 1. The lowest BCUT2D eigenvalue weighted by Crippen LogP contribution is -2.44. The van der Waals surface area contributed by atoms with E-state index in [0.717, 1.165) is 0 Å². The van der Waals surface area contributed by atoms with Gasteiger partial charge in [-0.3, -0.25) is 4.79 Å². The van der Waals surface area contributed by atoms with Crippen LogP contribution in [-0.4, -0.2) is 58.8 Å². The van der Waals surface area contributed by atoms with E-state index in [-0.39, 0.29) is 12.2 Å². The van der Waals surface area contributed by atoms with Crippen LogP contribution in [0.4, 0.5) is 10.6 Å². The van der Waals surface area contributed by atoms with Crippen LogP contribution in [0.2, 0.25) is 5.02 Å². The minimum absolute atomic E-state index is 0.133. The summed E-state index contributed by atoms with van der Waals surface area (Å²) < 4.78 is 17.4. The molecule has 2 amide bonds. The smallest absolute Gasteiger partial charge is 0.410 e. The molecule has 1 aliphatic heterocycles. The average Bonchev–Trinajstić information content (AvgIpc) is 2.86. The second kappa shape index (κ2) is 11.3. The van der Waals surface area contributed by atoms with Gasteiger partial charge in [-0.25, -0.2) is 14.8 Å². The Kier molecular flexibility index (Phi) is 8.11. The molecule has 1 saturated heterocycles. The summed E-state index contributed by atoms with van der Waals surface area (Å²) in [5.74, 6) is 0.844. The molecule has 4 rings (SSSR count). The monoisotopic (exact) mass is 541 g/mol. The second-order valence-corrected chi connectivity index (χ2v) is 10.5. The lowest BCUT2D eigenvalue weighted by molar-refractivity contribution is -0.118. The van der Waals surface area contributed by atoms with E-state index >= 15 is 0 Å². The maximum absolute atomic E-state index is 12.4. The molecule has 1 aromatic heterocycles. The molecule has 0 bridgehead atoms. The molecular weight excluding hydrogens is 510 g/mol. The van der Waals surface area contributed by atoms with E-state index < -0.39 is 17.6 Å². The molecule has 3 N–H and O–H groups in total. The molecule has 0 radical (unpaired) electrons. The molecule has 1 atom stereocenters. The summed E-state index contributed by atoms with van der Waals surface area (Å²) in [6.45, 7) is 6.58. The molecule has 202 valence electrons. The molecule has 2 aromatic carbocycles. The number of ether oxygens (including phenoxy) is 3. The zero-order valence-electron chi connectivity index (χ0n) is 21.9. The van der Waals surface area contributed by atoms with Crippen molar-refractivity contribution >= 4 is 40.3 Å². The minimum atomic E-state index is -0.865. The van der Waals surface area contributed by atoms with Gasteiger partial charge in [-0.05, 0) is 44.5 Å². The molecular formula is C27H32ClN5O5. The van der Waals surface area contributed by atoms with Gasteiger partial charge in [0.05, 0.1) is 12.6 Å². The first-order valence-corrected chi connectivity index (χ1v) is 12.7. The van der Waals surface area contributed by atoms with E-state index in [4.69, 9.17) is 31.5 Å². The summed E-state index contributed by atoms with van der Waals surface area (Å²) in [7, 11) is 1.56. The van der Waals surface area contributed by atoms with Gasteiger partial charge in [-0.2, -0.15) is 0 Å². The van der Waals surface area contributed by atoms with Crippen LogP contribution < -0.4 is 20.5 Å². The van der Waals surface area contributed by atoms with Crippen molar-refractivity contribution in [1.29, 1.82) is 0 Å². The zero-order chi connectivity index (χ0) is 27.4. The SMILES string of the molecule is COc1cc2ncnc(NC(C(N)=O)c3cccc(Cl)c3)c2cc1OC1CCN(C(=O)OC(C)(C)C)CC1. The average molecular weight is 542 g/mol. The normalized spacial score (nSPS) is 15.1. The molecule has 11 heteroatoms. The summed E-state index contributed by atoms with van der Waals surface area (Å²) in [6.07, 6.45) is 2.21. The first-order valence-electron chi connectivity index (χ1n) is 12.3. The second-order valence-electron chi connectivity index (χ2n) is 10.1. The molecule has 1 aliphatic rings. The maximum Gasteiger partial charge on any atom is 0.410 e. The summed E-state index contributed by atoms with van der Waals surface area (Å²) in [4.78, 5) is 35.1. The van der Waals surface area contributed by atoms with Crippen LogP contribution >= 0.6 is 11.6 Å². The topological polar surface area (TPSA) is 129 Å². The van der Waals surface area contributed by atoms with Crippen molar-refractivity contribution in [2.45, 2.75) is 51.4 Å². The summed E-state index contributed by atoms with van der Waals surface area (Å²) in [5, 5.41) is 4.25. The first-order chi connectivity index (χ1) is 18.0. The van der Waals surface area contributed by atoms with Crippen molar-refractivity contribution in [3.63, 3.8) is 0 Å². The van der Waals surface area contributed by atoms with Crippen LogP contribution in [0, 0.1) is 0 Å². The van der Waals surface area contributed by atoms with Crippen LogP contribution in [0.1, 0.15) is 45.2 Å². The maximum atomic E-state index is 12.4. The van der Waals surface area contributed by atoms with Crippen molar-refractivity contribution in [3.8, 4) is 11.5 Å². The number of primary amides is 1. The molecule has 2 heterocycles. The van der Waals surface area contributed by atoms with Gasteiger partial charge < -0.3 is 30.2 Å². The van der Waals surface area contributed by atoms with Crippen LogP contribution in [0.15, 0.2) is 42.7 Å². The van der Waals surface area contributed by atoms with Crippen LogP contribution in [0.25, 0.3) is 10.9 Å². The number of nitrogens with two attached hydrogens (primary N) is 1. The van der Waals surface area contributed by atoms with Crippen molar-refractivity contribution in [3.05, 3.63) is 53.3 Å². The largest absolute Gasteiger partial charge is 0.493 e. The third-order valence-electron chi connectivity index (χ3n) is 6.06. The van der Waals surface area contributed by atoms with E-state index in [1.807, 2.05) is 20.8 Å². The van der Waals surface area contributed by atoms with Gasteiger partial charge in [0.15, 0.2) is 11.5 Å². The molecule has 38 heavy (non-hydrogen) atoms. The van der Waals surface area contributed by atoms with Gasteiger partial charge >= 0.3 is 6.09 Å². The number of hydrogen-bond donors (Lipinski definition) is 2. The third kappa shape index (κ3) is 6.55. The molecule has 0 aliphatic carbocycles. The van der Waals surface area contributed by atoms with Crippen LogP contribution in [0.3, 0.4) is 0 Å². The number of nitrogens with one attached hydrogen (secondary N) is 1. The summed E-state index contributed by atoms with van der Waals surface area (Å²) in [6, 6.07) is 9.58. The fraction of sp³-hybridized carbons (Fsp3) is 0.407. The highest BCUT2D eigenvalue weighted by Gasteiger charge is 2.28. The molecule has 1 fully saturated rings. The quantitative estimate of drug-likeness (QED) is 0.440. The van der Waals surface area contributed by atoms with Crippen molar-refractivity contribution in [1.82, 2.24) is 14.9 Å². The van der Waals surface area contributed by atoms with E-state index in [9.17, 15) is 9.59 Å². The fourth-order valence-corrected chi connectivity index (χ4v) is 4.43. The minimum Gasteiger partial charge on any atom is -0.493 e. The Bertz CT molecular complexity index is 1320. The van der Waals surface area contributed by atoms with Crippen LogP contribution in [-0.2, 0) is 9.53 Å². The number of fused-ring (bicyclic) bond motifs is 1. The summed E-state index contributed by atoms with van der Waals surface area (Å²) in [5.41, 5.74) is 6.37. The number of anilines is 1. The van der Waals surface area contributed by atoms with E-state index in [1.165, 1.54) is 6.33 Å². The number of aromatic nitrogens is 2. The standard InChI is InChI=1S/C27H32ClN5O5/c1-27(2,3)38-26(35)33-10-8-18(9-11-33)37-22-13-19-20(14-21(22)36-4)30-15-31-25(19)32-23(24(29)34)16-6-5-7-17(28)12-16/h5-7,12-15,18,23H,8-11H2,1-4H3,(H2,29,34)(H,30,31,32). The van der Waals surface area contributed by atoms with Gasteiger partial charge in [0.1, 0.15) is 29.9 Å². The predicted molar refractivity (Wildman–Crippen MR) is 145 cm³/mol. The molecule has 3 aromatic rings.